The van der Waals surface area contributed by atoms with E-state index >= 15 is 0 Å². The molecule has 0 saturated carbocycles. The van der Waals surface area contributed by atoms with E-state index in [1.54, 1.807) is 0 Å². The van der Waals surface area contributed by atoms with Gasteiger partial charge in [0.25, 0.3) is 0 Å². The van der Waals surface area contributed by atoms with Gasteiger partial charge in [-0.2, -0.15) is 0 Å². The van der Waals surface area contributed by atoms with Crippen molar-refractivity contribution in [1.29, 1.82) is 0 Å². The lowest BCUT2D eigenvalue weighted by Gasteiger charge is -2.15. The zero-order chi connectivity index (χ0) is 14.6. The summed E-state index contributed by atoms with van der Waals surface area (Å²) in [4.78, 5) is 11.0. The first-order chi connectivity index (χ1) is 8.75. The summed E-state index contributed by atoms with van der Waals surface area (Å²) in [5.41, 5.74) is 8.67. The van der Waals surface area contributed by atoms with Crippen LogP contribution in [-0.2, 0) is 19.4 Å². The second kappa shape index (κ2) is 6.16. The number of nitrogens with two attached hydrogens (primary N) is 1. The van der Waals surface area contributed by atoms with Gasteiger partial charge in [0.15, 0.2) is 9.84 Å². The molecule has 1 atom stereocenters. The number of methoxy groups -OCH3 is 1. The summed E-state index contributed by atoms with van der Waals surface area (Å²) < 4.78 is 28.0. The fourth-order valence-electron chi connectivity index (χ4n) is 1.82. The highest BCUT2D eigenvalue weighted by molar-refractivity contribution is 7.92. The lowest BCUT2D eigenvalue weighted by Crippen LogP contribution is -2.27. The SMILES string of the molecule is COC(=O)CS(=O)(=O)CC(N)c1cc(C)ccc1C. The standard InChI is InChI=1S/C13H19NO4S/c1-9-4-5-10(2)11(6-9)12(14)7-19(16,17)8-13(15)18-3/h4-6,12H,7-8,14H2,1-3H3. The van der Waals surface area contributed by atoms with Crippen LogP contribution in [0.3, 0.4) is 0 Å². The van der Waals surface area contributed by atoms with Crippen LogP contribution >= 0.6 is 0 Å². The van der Waals surface area contributed by atoms with Gasteiger partial charge in [0, 0.05) is 6.04 Å². The molecule has 0 aromatic heterocycles. The zero-order valence-electron chi connectivity index (χ0n) is 11.3. The van der Waals surface area contributed by atoms with Crippen LogP contribution in [0.4, 0.5) is 0 Å². The number of ether oxygens (including phenoxy) is 1. The summed E-state index contributed by atoms with van der Waals surface area (Å²) in [5, 5.41) is 0. The Labute approximate surface area is 113 Å². The van der Waals surface area contributed by atoms with Crippen LogP contribution < -0.4 is 5.73 Å². The molecule has 0 spiro atoms. The number of esters is 1. The Morgan fingerprint density at radius 1 is 1.37 bits per heavy atom. The van der Waals surface area contributed by atoms with Crippen molar-refractivity contribution in [3.63, 3.8) is 0 Å². The Morgan fingerprint density at radius 3 is 2.58 bits per heavy atom. The summed E-state index contributed by atoms with van der Waals surface area (Å²) >= 11 is 0. The molecule has 1 unspecified atom stereocenters. The minimum atomic E-state index is -3.57. The molecular weight excluding hydrogens is 266 g/mol. The molecule has 0 aliphatic heterocycles. The van der Waals surface area contributed by atoms with Gasteiger partial charge in [-0.25, -0.2) is 8.42 Å². The highest BCUT2D eigenvalue weighted by atomic mass is 32.2. The van der Waals surface area contributed by atoms with Crippen molar-refractivity contribution in [2.45, 2.75) is 19.9 Å². The topological polar surface area (TPSA) is 86.5 Å². The lowest BCUT2D eigenvalue weighted by atomic mass is 10.0. The number of carbonyl (C=O) groups excluding carboxylic acids is 1. The first kappa shape index (κ1) is 15.7. The maximum absolute atomic E-state index is 11.8. The van der Waals surface area contributed by atoms with Gasteiger partial charge < -0.3 is 10.5 Å². The van der Waals surface area contributed by atoms with Gasteiger partial charge in [-0.05, 0) is 25.0 Å². The molecule has 0 heterocycles. The Morgan fingerprint density at radius 2 is 2.00 bits per heavy atom. The Kier molecular flexibility index (Phi) is 5.08. The van der Waals surface area contributed by atoms with Crippen LogP contribution in [0, 0.1) is 13.8 Å². The van der Waals surface area contributed by atoms with E-state index in [0.717, 1.165) is 23.8 Å². The number of benzene rings is 1. The van der Waals surface area contributed by atoms with E-state index in [1.165, 1.54) is 0 Å². The maximum Gasteiger partial charge on any atom is 0.320 e. The van der Waals surface area contributed by atoms with Crippen molar-refractivity contribution in [1.82, 2.24) is 0 Å². The van der Waals surface area contributed by atoms with Crippen molar-refractivity contribution >= 4 is 15.8 Å². The second-order valence-corrected chi connectivity index (χ2v) is 6.71. The molecule has 0 amide bonds. The van der Waals surface area contributed by atoms with Crippen LogP contribution in [0.2, 0.25) is 0 Å². The number of aryl methyl sites for hydroxylation is 2. The Balaban J connectivity index is 2.87. The minimum absolute atomic E-state index is 0.271. The van der Waals surface area contributed by atoms with Crippen LogP contribution in [0.25, 0.3) is 0 Å². The molecule has 0 aliphatic carbocycles. The molecule has 6 heteroatoms. The van der Waals surface area contributed by atoms with E-state index in [1.807, 2.05) is 32.0 Å². The largest absolute Gasteiger partial charge is 0.468 e. The predicted molar refractivity (Wildman–Crippen MR) is 73.5 cm³/mol. The van der Waals surface area contributed by atoms with Gasteiger partial charge >= 0.3 is 5.97 Å². The highest BCUT2D eigenvalue weighted by Gasteiger charge is 2.22. The number of rotatable bonds is 5. The van der Waals surface area contributed by atoms with E-state index < -0.39 is 27.6 Å². The second-order valence-electron chi connectivity index (χ2n) is 4.60. The van der Waals surface area contributed by atoms with Crippen LogP contribution in [0.5, 0.6) is 0 Å². The van der Waals surface area contributed by atoms with Crippen LogP contribution in [-0.4, -0.2) is 33.0 Å². The van der Waals surface area contributed by atoms with Gasteiger partial charge in [0.05, 0.1) is 12.9 Å². The molecule has 0 saturated heterocycles. The fraction of sp³-hybridized carbons (Fsp3) is 0.462. The number of hydrogen-bond acceptors (Lipinski definition) is 5. The molecule has 5 nitrogen and oxygen atoms in total. The molecular formula is C13H19NO4S. The average Bonchev–Trinajstić information content (AvgIpc) is 2.30. The van der Waals surface area contributed by atoms with E-state index in [2.05, 4.69) is 4.74 Å². The third-order valence-corrected chi connectivity index (χ3v) is 4.38. The maximum atomic E-state index is 11.8. The Hall–Kier alpha value is -1.40. The van der Waals surface area contributed by atoms with Gasteiger partial charge in [-0.3, -0.25) is 4.79 Å². The van der Waals surface area contributed by atoms with Crippen LogP contribution in [0.15, 0.2) is 18.2 Å². The number of carbonyl (C=O) groups is 1. The molecule has 2 N–H and O–H groups in total. The number of hydrogen-bond donors (Lipinski definition) is 1. The van der Waals surface area contributed by atoms with Crippen molar-refractivity contribution in [3.8, 4) is 0 Å². The van der Waals surface area contributed by atoms with Crippen molar-refractivity contribution in [3.05, 3.63) is 34.9 Å². The molecule has 1 aromatic carbocycles. The fourth-order valence-corrected chi connectivity index (χ4v) is 3.14. The monoisotopic (exact) mass is 285 g/mol. The van der Waals surface area contributed by atoms with Gasteiger partial charge in [0.1, 0.15) is 5.75 Å². The average molecular weight is 285 g/mol. The Bertz CT molecular complexity index is 566. The third kappa shape index (κ3) is 4.65. The smallest absolute Gasteiger partial charge is 0.320 e. The predicted octanol–water partition coefficient (Wildman–Crippen LogP) is 0.891. The molecule has 106 valence electrons. The molecule has 0 aliphatic rings. The van der Waals surface area contributed by atoms with Gasteiger partial charge in [0.2, 0.25) is 0 Å². The normalized spacial score (nSPS) is 13.1. The quantitative estimate of drug-likeness (QED) is 0.812. The molecule has 0 radical (unpaired) electrons. The summed E-state index contributed by atoms with van der Waals surface area (Å²) in [6.45, 7) is 3.79. The summed E-state index contributed by atoms with van der Waals surface area (Å²) in [6, 6.07) is 5.06. The summed E-state index contributed by atoms with van der Waals surface area (Å²) in [7, 11) is -2.41. The minimum Gasteiger partial charge on any atom is -0.468 e. The highest BCUT2D eigenvalue weighted by Crippen LogP contribution is 2.19. The van der Waals surface area contributed by atoms with E-state index in [4.69, 9.17) is 5.73 Å². The lowest BCUT2D eigenvalue weighted by molar-refractivity contribution is -0.137. The van der Waals surface area contributed by atoms with E-state index in [-0.39, 0.29) is 5.75 Å². The van der Waals surface area contributed by atoms with E-state index in [9.17, 15) is 13.2 Å². The summed E-state index contributed by atoms with van der Waals surface area (Å²) in [6.07, 6.45) is 0. The molecule has 19 heavy (non-hydrogen) atoms. The van der Waals surface area contributed by atoms with Crippen molar-refractivity contribution in [2.24, 2.45) is 5.73 Å². The first-order valence-electron chi connectivity index (χ1n) is 5.85. The molecule has 1 aromatic rings. The molecule has 1 rings (SSSR count). The zero-order valence-corrected chi connectivity index (χ0v) is 12.2. The van der Waals surface area contributed by atoms with Gasteiger partial charge in [-0.15, -0.1) is 0 Å². The molecule has 0 bridgehead atoms. The van der Waals surface area contributed by atoms with E-state index in [0.29, 0.717) is 0 Å². The third-order valence-electron chi connectivity index (χ3n) is 2.83. The van der Waals surface area contributed by atoms with Crippen molar-refractivity contribution < 1.29 is 17.9 Å². The summed E-state index contributed by atoms with van der Waals surface area (Å²) in [5.74, 6) is -1.68. The van der Waals surface area contributed by atoms with Gasteiger partial charge in [-0.1, -0.05) is 23.8 Å². The first-order valence-corrected chi connectivity index (χ1v) is 7.67. The number of sulfone groups is 1. The van der Waals surface area contributed by atoms with Crippen LogP contribution in [0.1, 0.15) is 22.7 Å². The van der Waals surface area contributed by atoms with Crippen molar-refractivity contribution in [2.75, 3.05) is 18.6 Å². The molecule has 0 fully saturated rings.